The van der Waals surface area contributed by atoms with Gasteiger partial charge in [-0.1, -0.05) is 37.6 Å². The molecule has 0 radical (unpaired) electrons. The van der Waals surface area contributed by atoms with Crippen LogP contribution in [0, 0.1) is 28.6 Å². The van der Waals surface area contributed by atoms with Gasteiger partial charge >= 0.3 is 5.97 Å². The minimum Gasteiger partial charge on any atom is -0.462 e. The molecule has 33 heavy (non-hydrogen) atoms. The first-order valence-electron chi connectivity index (χ1n) is 12.9. The average Bonchev–Trinajstić information content (AvgIpc) is 3.17. The molecule has 0 N–H and O–H groups in total. The summed E-state index contributed by atoms with van der Waals surface area (Å²) in [6.07, 6.45) is 19.0. The fourth-order valence-corrected chi connectivity index (χ4v) is 7.84. The van der Waals surface area contributed by atoms with Crippen molar-refractivity contribution in [1.29, 1.82) is 0 Å². The summed E-state index contributed by atoms with van der Waals surface area (Å²) in [6, 6.07) is 4.28. The Labute approximate surface area is 197 Å². The number of aldehydes is 1. The number of carbonyl (C=O) groups excluding carboxylic acids is 2. The highest BCUT2D eigenvalue weighted by Gasteiger charge is 2.57. The molecule has 0 spiro atoms. The Hall–Kier alpha value is -2.23. The third kappa shape index (κ3) is 3.90. The van der Waals surface area contributed by atoms with Crippen LogP contribution in [0.15, 0.2) is 42.3 Å². The number of pyridine rings is 1. The van der Waals surface area contributed by atoms with E-state index in [1.54, 1.807) is 0 Å². The molecule has 4 aliphatic carbocycles. The molecule has 0 aliphatic heterocycles. The largest absolute Gasteiger partial charge is 0.462 e. The van der Waals surface area contributed by atoms with Gasteiger partial charge in [0.1, 0.15) is 12.4 Å². The SMILES string of the molecule is CC12CCC(OC(=O)CCCC=O)CC1=CCC1C2CCC2(C)C(c3cccnc3)=CCC12. The Morgan fingerprint density at radius 2 is 2.00 bits per heavy atom. The van der Waals surface area contributed by atoms with E-state index in [9.17, 15) is 9.59 Å². The summed E-state index contributed by atoms with van der Waals surface area (Å²) in [5.41, 5.74) is 4.84. The van der Waals surface area contributed by atoms with Crippen LogP contribution in [0.4, 0.5) is 0 Å². The quantitative estimate of drug-likeness (QED) is 0.222. The van der Waals surface area contributed by atoms with E-state index < -0.39 is 0 Å². The standard InChI is InChI=1S/C29H37NO3/c1-28-14-12-22(33-27(32)7-3-4-17-31)18-21(28)8-9-23-25-11-10-24(20-6-5-16-30-19-20)29(25,2)15-13-26(23)28/h5-6,8,10,16-17,19,22-23,25-26H,3-4,7,9,11-15,18H2,1-2H3. The van der Waals surface area contributed by atoms with Crippen LogP contribution >= 0.6 is 0 Å². The Bertz CT molecular complexity index is 966. The van der Waals surface area contributed by atoms with Gasteiger partial charge in [-0.15, -0.1) is 0 Å². The van der Waals surface area contributed by atoms with Crippen molar-refractivity contribution >= 4 is 17.8 Å². The molecule has 0 bridgehead atoms. The molecular weight excluding hydrogens is 410 g/mol. The van der Waals surface area contributed by atoms with E-state index in [-0.39, 0.29) is 22.9 Å². The van der Waals surface area contributed by atoms with Crippen molar-refractivity contribution in [2.24, 2.45) is 28.6 Å². The lowest BCUT2D eigenvalue weighted by Crippen LogP contribution is -2.50. The average molecular weight is 448 g/mol. The molecule has 176 valence electrons. The number of hydrogen-bond acceptors (Lipinski definition) is 4. The second-order valence-corrected chi connectivity index (χ2v) is 11.2. The maximum atomic E-state index is 12.2. The van der Waals surface area contributed by atoms with Crippen molar-refractivity contribution in [3.63, 3.8) is 0 Å². The van der Waals surface area contributed by atoms with Crippen LogP contribution in [-0.2, 0) is 14.3 Å². The Morgan fingerprint density at radius 3 is 2.79 bits per heavy atom. The number of fused-ring (bicyclic) bond motifs is 5. The van der Waals surface area contributed by atoms with E-state index >= 15 is 0 Å². The molecule has 2 saturated carbocycles. The van der Waals surface area contributed by atoms with E-state index in [1.807, 2.05) is 12.4 Å². The van der Waals surface area contributed by atoms with Crippen LogP contribution in [-0.4, -0.2) is 23.3 Å². The molecule has 6 atom stereocenters. The van der Waals surface area contributed by atoms with Crippen molar-refractivity contribution in [2.45, 2.75) is 84.2 Å². The molecule has 1 aromatic rings. The maximum absolute atomic E-state index is 12.2. The number of unbranched alkanes of at least 4 members (excludes halogenated alkanes) is 1. The van der Waals surface area contributed by atoms with Gasteiger partial charge in [0.05, 0.1) is 0 Å². The molecule has 0 amide bonds. The fourth-order valence-electron chi connectivity index (χ4n) is 7.84. The number of rotatable bonds is 6. The predicted octanol–water partition coefficient (Wildman–Crippen LogP) is 6.32. The second kappa shape index (κ2) is 8.85. The number of hydrogen-bond donors (Lipinski definition) is 0. The lowest BCUT2D eigenvalue weighted by atomic mass is 9.47. The van der Waals surface area contributed by atoms with Gasteiger partial charge in [-0.3, -0.25) is 9.78 Å². The van der Waals surface area contributed by atoms with Crippen molar-refractivity contribution in [3.8, 4) is 0 Å². The first-order chi connectivity index (χ1) is 16.0. The van der Waals surface area contributed by atoms with Gasteiger partial charge in [0.25, 0.3) is 0 Å². The Balaban J connectivity index is 1.29. The van der Waals surface area contributed by atoms with E-state index in [4.69, 9.17) is 4.74 Å². The number of carbonyl (C=O) groups is 2. The topological polar surface area (TPSA) is 56.3 Å². The van der Waals surface area contributed by atoms with Crippen molar-refractivity contribution in [1.82, 2.24) is 4.98 Å². The summed E-state index contributed by atoms with van der Waals surface area (Å²) < 4.78 is 5.81. The smallest absolute Gasteiger partial charge is 0.306 e. The third-order valence-electron chi connectivity index (χ3n) is 9.61. The monoisotopic (exact) mass is 447 g/mol. The highest BCUT2D eigenvalue weighted by Crippen LogP contribution is 2.66. The van der Waals surface area contributed by atoms with Crippen LogP contribution in [0.25, 0.3) is 5.57 Å². The zero-order valence-electron chi connectivity index (χ0n) is 20.1. The zero-order valence-corrected chi connectivity index (χ0v) is 20.1. The van der Waals surface area contributed by atoms with E-state index in [1.165, 1.54) is 36.0 Å². The zero-order chi connectivity index (χ0) is 23.1. The van der Waals surface area contributed by atoms with Gasteiger partial charge < -0.3 is 9.53 Å². The minimum absolute atomic E-state index is 0.00351. The molecule has 0 saturated heterocycles. The van der Waals surface area contributed by atoms with Gasteiger partial charge in [-0.25, -0.2) is 0 Å². The van der Waals surface area contributed by atoms with Gasteiger partial charge in [0.2, 0.25) is 0 Å². The highest BCUT2D eigenvalue weighted by atomic mass is 16.5. The number of allylic oxidation sites excluding steroid dienone is 3. The number of ether oxygens (including phenoxy) is 1. The summed E-state index contributed by atoms with van der Waals surface area (Å²) in [5.74, 6) is 2.01. The minimum atomic E-state index is -0.145. The van der Waals surface area contributed by atoms with Crippen molar-refractivity contribution in [2.75, 3.05) is 0 Å². The van der Waals surface area contributed by atoms with Gasteiger partial charge in [-0.2, -0.15) is 0 Å². The van der Waals surface area contributed by atoms with E-state index in [0.717, 1.165) is 43.8 Å². The summed E-state index contributed by atoms with van der Waals surface area (Å²) in [5, 5.41) is 0. The van der Waals surface area contributed by atoms with E-state index in [2.05, 4.69) is 43.1 Å². The second-order valence-electron chi connectivity index (χ2n) is 11.2. The maximum Gasteiger partial charge on any atom is 0.306 e. The van der Waals surface area contributed by atoms with Gasteiger partial charge in [-0.05, 0) is 90.7 Å². The first-order valence-corrected chi connectivity index (χ1v) is 12.9. The molecule has 1 heterocycles. The molecule has 4 aliphatic rings. The molecule has 5 rings (SSSR count). The summed E-state index contributed by atoms with van der Waals surface area (Å²) >= 11 is 0. The predicted molar refractivity (Wildman–Crippen MR) is 129 cm³/mol. The Kier molecular flexibility index (Phi) is 6.05. The molecule has 2 fully saturated rings. The molecular formula is C29H37NO3. The van der Waals surface area contributed by atoms with E-state index in [0.29, 0.717) is 25.2 Å². The molecule has 1 aromatic heterocycles. The summed E-state index contributed by atoms with van der Waals surface area (Å²) in [4.78, 5) is 27.1. The van der Waals surface area contributed by atoms with Crippen LogP contribution in [0.3, 0.4) is 0 Å². The summed E-state index contributed by atoms with van der Waals surface area (Å²) in [7, 11) is 0. The third-order valence-corrected chi connectivity index (χ3v) is 9.61. The van der Waals surface area contributed by atoms with Crippen LogP contribution < -0.4 is 0 Å². The highest BCUT2D eigenvalue weighted by molar-refractivity contribution is 5.72. The number of nitrogens with zero attached hydrogens (tertiary/aromatic N) is 1. The van der Waals surface area contributed by atoms with Crippen molar-refractivity contribution < 1.29 is 14.3 Å². The van der Waals surface area contributed by atoms with Gasteiger partial charge in [0, 0.05) is 31.7 Å². The normalized spacial score (nSPS) is 37.2. The van der Waals surface area contributed by atoms with Crippen LogP contribution in [0.1, 0.15) is 83.6 Å². The van der Waals surface area contributed by atoms with Crippen LogP contribution in [0.5, 0.6) is 0 Å². The lowest BCUT2D eigenvalue weighted by Gasteiger charge is -2.57. The lowest BCUT2D eigenvalue weighted by molar-refractivity contribution is -0.151. The summed E-state index contributed by atoms with van der Waals surface area (Å²) in [6.45, 7) is 4.99. The number of esters is 1. The van der Waals surface area contributed by atoms with Gasteiger partial charge in [0.15, 0.2) is 0 Å². The number of aromatic nitrogens is 1. The fraction of sp³-hybridized carbons (Fsp3) is 0.621. The molecule has 6 unspecified atom stereocenters. The first kappa shape index (κ1) is 22.6. The molecule has 4 nitrogen and oxygen atoms in total. The molecule has 0 aromatic carbocycles. The molecule has 4 heteroatoms. The van der Waals surface area contributed by atoms with Crippen LogP contribution in [0.2, 0.25) is 0 Å². The van der Waals surface area contributed by atoms with Crippen molar-refractivity contribution in [3.05, 3.63) is 47.8 Å². The Morgan fingerprint density at radius 1 is 1.15 bits per heavy atom.